The number of H-pyrrole nitrogens is 1. The van der Waals surface area contributed by atoms with Crippen molar-refractivity contribution >= 4 is 28.6 Å². The van der Waals surface area contributed by atoms with Gasteiger partial charge in [-0.25, -0.2) is 4.39 Å². The summed E-state index contributed by atoms with van der Waals surface area (Å²) in [5.74, 6) is 0.582. The highest BCUT2D eigenvalue weighted by Crippen LogP contribution is 2.33. The van der Waals surface area contributed by atoms with Gasteiger partial charge < -0.3 is 20.7 Å². The predicted octanol–water partition coefficient (Wildman–Crippen LogP) is 7.87. The molecular formula is C51H70FN9O2. The molecule has 3 unspecified atom stereocenters. The van der Waals surface area contributed by atoms with Crippen LogP contribution in [0.25, 0.3) is 22.7 Å². The maximum Gasteiger partial charge on any atom is 0.253 e. The van der Waals surface area contributed by atoms with E-state index in [4.69, 9.17) is 10.5 Å². The number of carbonyl (C=O) groups excluding carboxylic acids is 1. The molecule has 7 rings (SSSR count). The minimum atomic E-state index is -0.272. The zero-order chi connectivity index (χ0) is 44.9. The summed E-state index contributed by atoms with van der Waals surface area (Å²) >= 11 is 0. The number of amides is 1. The van der Waals surface area contributed by atoms with Gasteiger partial charge in [0.1, 0.15) is 11.9 Å². The number of carbonyl (C=O) groups is 1. The van der Waals surface area contributed by atoms with Crippen LogP contribution in [-0.4, -0.2) is 119 Å². The van der Waals surface area contributed by atoms with E-state index in [1.54, 1.807) is 13.2 Å². The predicted molar refractivity (Wildman–Crippen MR) is 255 cm³/mol. The summed E-state index contributed by atoms with van der Waals surface area (Å²) in [6.07, 6.45) is 14.6. The Morgan fingerprint density at radius 1 is 1.10 bits per heavy atom. The molecule has 3 aliphatic rings. The van der Waals surface area contributed by atoms with Crippen LogP contribution in [0.4, 0.5) is 4.39 Å². The van der Waals surface area contributed by atoms with E-state index >= 15 is 0 Å². The Morgan fingerprint density at radius 3 is 2.48 bits per heavy atom. The lowest BCUT2D eigenvalue weighted by Gasteiger charge is -2.42. The topological polar surface area (TPSA) is 111 Å². The van der Waals surface area contributed by atoms with Gasteiger partial charge in [-0.2, -0.15) is 0 Å². The Balaban J connectivity index is 0.920. The fourth-order valence-corrected chi connectivity index (χ4v) is 10.1. The smallest absolute Gasteiger partial charge is 0.253 e. The number of nitrogens with two attached hydrogens (primary N) is 1. The molecule has 12 heteroatoms. The number of halogens is 1. The van der Waals surface area contributed by atoms with Gasteiger partial charge in [0.25, 0.3) is 5.91 Å². The van der Waals surface area contributed by atoms with Crippen molar-refractivity contribution in [1.29, 1.82) is 0 Å². The number of aromatic amines is 1. The maximum atomic E-state index is 14.8. The number of fused-ring (bicyclic) bond motifs is 1. The molecule has 2 fully saturated rings. The molecule has 2 aromatic carbocycles. The van der Waals surface area contributed by atoms with Crippen LogP contribution >= 0.6 is 0 Å². The van der Waals surface area contributed by atoms with E-state index in [0.29, 0.717) is 18.5 Å². The van der Waals surface area contributed by atoms with Crippen molar-refractivity contribution < 1.29 is 13.9 Å². The molecular weight excluding hydrogens is 790 g/mol. The summed E-state index contributed by atoms with van der Waals surface area (Å²) in [4.78, 5) is 28.2. The third-order valence-corrected chi connectivity index (χ3v) is 14.1. The van der Waals surface area contributed by atoms with Gasteiger partial charge in [-0.05, 0) is 137 Å². The van der Waals surface area contributed by atoms with Gasteiger partial charge in [-0.15, -0.1) is 0 Å². The fraction of sp³-hybridized carbons (Fsp3) is 0.490. The number of piperazine rings is 1. The van der Waals surface area contributed by atoms with E-state index < -0.39 is 0 Å². The van der Waals surface area contributed by atoms with E-state index in [2.05, 4.69) is 101 Å². The maximum absolute atomic E-state index is 14.8. The van der Waals surface area contributed by atoms with Crippen LogP contribution in [-0.2, 0) is 18.3 Å². The van der Waals surface area contributed by atoms with E-state index in [1.807, 2.05) is 49.3 Å². The molecule has 3 aliphatic heterocycles. The first-order chi connectivity index (χ1) is 30.3. The van der Waals surface area contributed by atoms with Crippen molar-refractivity contribution in [2.75, 3.05) is 66.5 Å². The van der Waals surface area contributed by atoms with Crippen LogP contribution in [0.1, 0.15) is 95.6 Å². The summed E-state index contributed by atoms with van der Waals surface area (Å²) in [6.45, 7) is 21.1. The van der Waals surface area contributed by atoms with Gasteiger partial charge in [0.05, 0.1) is 11.0 Å². The lowest BCUT2D eigenvalue weighted by Crippen LogP contribution is -2.53. The Kier molecular flexibility index (Phi) is 14.8. The second kappa shape index (κ2) is 20.2. The van der Waals surface area contributed by atoms with Crippen LogP contribution in [0.3, 0.4) is 0 Å². The number of piperidine rings is 1. The molecule has 2 aromatic heterocycles. The van der Waals surface area contributed by atoms with Gasteiger partial charge in [-0.3, -0.25) is 34.3 Å². The molecule has 0 aliphatic carbocycles. The van der Waals surface area contributed by atoms with Crippen molar-refractivity contribution in [3.63, 3.8) is 0 Å². The largest absolute Gasteiger partial charge is 0.405 e. The van der Waals surface area contributed by atoms with Crippen molar-refractivity contribution in [2.24, 2.45) is 18.7 Å². The number of hydrogen-bond donors (Lipinski definition) is 3. The molecule has 4 N–H and O–H groups in total. The summed E-state index contributed by atoms with van der Waals surface area (Å²) in [6, 6.07) is 10.5. The normalized spacial score (nSPS) is 20.2. The van der Waals surface area contributed by atoms with E-state index in [-0.39, 0.29) is 23.9 Å². The van der Waals surface area contributed by atoms with Gasteiger partial charge in [-0.1, -0.05) is 17.7 Å². The van der Waals surface area contributed by atoms with Crippen molar-refractivity contribution in [2.45, 2.75) is 85.5 Å². The fourth-order valence-electron chi connectivity index (χ4n) is 10.1. The molecule has 63 heavy (non-hydrogen) atoms. The number of ether oxygens (including phenoxy) is 1. The number of allylic oxidation sites excluding steroid dienone is 1. The molecule has 4 aromatic rings. The highest BCUT2D eigenvalue weighted by molar-refractivity contribution is 5.95. The summed E-state index contributed by atoms with van der Waals surface area (Å²) in [7, 11) is 5.55. The molecule has 338 valence electrons. The van der Waals surface area contributed by atoms with Crippen LogP contribution in [0.5, 0.6) is 0 Å². The first-order valence-electron chi connectivity index (χ1n) is 22.9. The molecule has 0 spiro atoms. The quantitative estimate of drug-likeness (QED) is 0.110. The molecule has 5 heterocycles. The van der Waals surface area contributed by atoms with Crippen LogP contribution in [0.2, 0.25) is 0 Å². The average Bonchev–Trinajstić information content (AvgIpc) is 3.27. The first-order valence-corrected chi connectivity index (χ1v) is 22.9. The molecule has 2 saturated heterocycles. The number of benzene rings is 2. The van der Waals surface area contributed by atoms with Gasteiger partial charge >= 0.3 is 0 Å². The Labute approximate surface area is 374 Å². The van der Waals surface area contributed by atoms with Crippen LogP contribution in [0, 0.1) is 32.5 Å². The zero-order valence-electron chi connectivity index (χ0n) is 39.1. The monoisotopic (exact) mass is 860 g/mol. The number of likely N-dealkylation sites (tertiary alicyclic amines) is 1. The van der Waals surface area contributed by atoms with Crippen molar-refractivity contribution in [3.05, 3.63) is 123 Å². The molecule has 11 nitrogen and oxygen atoms in total. The third kappa shape index (κ3) is 10.4. The number of aromatic nitrogens is 3. The second-order valence-electron chi connectivity index (χ2n) is 18.3. The van der Waals surface area contributed by atoms with E-state index in [1.165, 1.54) is 34.0 Å². The van der Waals surface area contributed by atoms with Crippen molar-refractivity contribution in [3.8, 4) is 0 Å². The third-order valence-electron chi connectivity index (χ3n) is 14.1. The summed E-state index contributed by atoms with van der Waals surface area (Å²) in [5.41, 5.74) is 19.4. The standard InChI is InChI=1S/C51H70FN9O2/c1-33(26-45-37(5)55-17-11-44(45)49(63-9)28-43(54-7)10-16-53)38(6)59-20-14-40(15-21-59)50-34(2)24-41(25-35(50)3)51(62)60-18-12-39(13-19-60)31-61-23-22-58(30-36(61)4)32-42-27-48-47(29-46(42)52)56-57(48)8/h10-11,14,16-17,24-29,36,38-39,49,54,56H,12-13,15,18-23,30-32,53H2,1-9H3/b16-10-,33-26+,43-28+. The van der Waals surface area contributed by atoms with E-state index in [9.17, 15) is 9.18 Å². The first kappa shape index (κ1) is 46.0. The highest BCUT2D eigenvalue weighted by atomic mass is 19.1. The van der Waals surface area contributed by atoms with Crippen LogP contribution in [0.15, 0.2) is 72.2 Å². The van der Waals surface area contributed by atoms with Crippen molar-refractivity contribution in [1.82, 2.24) is 39.7 Å². The highest BCUT2D eigenvalue weighted by Gasteiger charge is 2.30. The molecule has 0 bridgehead atoms. The summed E-state index contributed by atoms with van der Waals surface area (Å²) in [5, 5.41) is 6.29. The molecule has 3 atom stereocenters. The number of nitrogens with zero attached hydrogens (tertiary/aromatic N) is 6. The lowest BCUT2D eigenvalue weighted by atomic mass is 9.89. The van der Waals surface area contributed by atoms with E-state index in [0.717, 1.165) is 116 Å². The molecule has 1 amide bonds. The molecule has 0 saturated carbocycles. The van der Waals surface area contributed by atoms with Gasteiger partial charge in [0.2, 0.25) is 0 Å². The Bertz CT molecular complexity index is 2360. The molecule has 0 radical (unpaired) electrons. The SMILES string of the molecule is CNC(/C=C\N)=C/C(OC)c1ccnc(C)c1/C=C(\C)C(C)N1CC=C(c2c(C)cc(C(=O)N3CCC(CN4CCN(Cc5cc6c(cc5F)[nH]n6C)CC4C)CC3)cc2C)CC1. The number of pyridine rings is 1. The van der Waals surface area contributed by atoms with Gasteiger partial charge in [0.15, 0.2) is 0 Å². The minimum absolute atomic E-state index is 0.134. The lowest BCUT2D eigenvalue weighted by molar-refractivity contribution is 0.0478. The Morgan fingerprint density at radius 2 is 1.84 bits per heavy atom. The number of rotatable bonds is 14. The second-order valence-corrected chi connectivity index (χ2v) is 18.3. The number of likely N-dealkylation sites (N-methyl/N-ethyl adjacent to an activating group) is 1. The summed E-state index contributed by atoms with van der Waals surface area (Å²) < 4.78 is 22.7. The Hall–Kier alpha value is -5.01. The average molecular weight is 860 g/mol. The number of aryl methyl sites for hydroxylation is 4. The van der Waals surface area contributed by atoms with Gasteiger partial charge in [0, 0.05) is 133 Å². The number of hydrogen-bond acceptors (Lipinski definition) is 8. The number of methoxy groups -OCH3 is 1. The van der Waals surface area contributed by atoms with Crippen LogP contribution < -0.4 is 11.1 Å². The minimum Gasteiger partial charge on any atom is -0.405 e. The zero-order valence-corrected chi connectivity index (χ0v) is 39.1. The number of nitrogens with one attached hydrogen (secondary N) is 2.